The Balaban J connectivity index is 1.94. The number of carbonyl (C=O) groups is 1. The molecule has 0 aliphatic rings. The standard InChI is InChI=1S/C18H18N4O3S/c1-4-11-5-7-14-16(9-11)26-18(19-14)20-17(23)13-10-12(22(24)25)6-8-15(13)21(2)3/h5-10H,4H2,1-3H3,(H,19,20,23). The van der Waals surface area contributed by atoms with Crippen molar-refractivity contribution in [3.63, 3.8) is 0 Å². The molecule has 0 saturated heterocycles. The van der Waals surface area contributed by atoms with Crippen molar-refractivity contribution in [1.29, 1.82) is 0 Å². The molecule has 0 bridgehead atoms. The van der Waals surface area contributed by atoms with Crippen LogP contribution in [0.15, 0.2) is 36.4 Å². The van der Waals surface area contributed by atoms with Gasteiger partial charge in [0.2, 0.25) is 0 Å². The highest BCUT2D eigenvalue weighted by Gasteiger charge is 2.19. The molecule has 8 heteroatoms. The number of carbonyl (C=O) groups excluding carboxylic acids is 1. The fourth-order valence-corrected chi connectivity index (χ4v) is 3.54. The normalized spacial score (nSPS) is 10.7. The first-order valence-corrected chi connectivity index (χ1v) is 8.87. The van der Waals surface area contributed by atoms with E-state index in [2.05, 4.69) is 23.3 Å². The molecular weight excluding hydrogens is 352 g/mol. The monoisotopic (exact) mass is 370 g/mol. The number of fused-ring (bicyclic) bond motifs is 1. The summed E-state index contributed by atoms with van der Waals surface area (Å²) in [5.41, 5.74) is 2.72. The Morgan fingerprint density at radius 1 is 1.27 bits per heavy atom. The lowest BCUT2D eigenvalue weighted by Gasteiger charge is -2.16. The number of aromatic nitrogens is 1. The fourth-order valence-electron chi connectivity index (χ4n) is 2.62. The molecule has 1 aromatic heterocycles. The molecule has 0 atom stereocenters. The third-order valence-electron chi connectivity index (χ3n) is 4.00. The van der Waals surface area contributed by atoms with E-state index >= 15 is 0 Å². The third-order valence-corrected chi connectivity index (χ3v) is 4.93. The van der Waals surface area contributed by atoms with Crippen LogP contribution in [0.5, 0.6) is 0 Å². The number of hydrogen-bond donors (Lipinski definition) is 1. The van der Waals surface area contributed by atoms with Gasteiger partial charge in [-0.05, 0) is 30.2 Å². The van der Waals surface area contributed by atoms with Crippen molar-refractivity contribution in [2.45, 2.75) is 13.3 Å². The number of thiazole rings is 1. The van der Waals surface area contributed by atoms with Gasteiger partial charge in [0.05, 0.1) is 20.7 Å². The molecule has 0 saturated carbocycles. The molecule has 134 valence electrons. The fraction of sp³-hybridized carbons (Fsp3) is 0.222. The van der Waals surface area contributed by atoms with Crippen molar-refractivity contribution in [2.75, 3.05) is 24.3 Å². The quantitative estimate of drug-likeness (QED) is 0.540. The van der Waals surface area contributed by atoms with Gasteiger partial charge in [0, 0.05) is 31.9 Å². The number of nitro benzene ring substituents is 1. The van der Waals surface area contributed by atoms with E-state index in [1.165, 1.54) is 29.0 Å². The Hall–Kier alpha value is -3.00. The Morgan fingerprint density at radius 3 is 2.69 bits per heavy atom. The molecule has 26 heavy (non-hydrogen) atoms. The van der Waals surface area contributed by atoms with Gasteiger partial charge in [0.15, 0.2) is 5.13 Å². The number of hydrogen-bond acceptors (Lipinski definition) is 6. The molecule has 0 radical (unpaired) electrons. The maximum absolute atomic E-state index is 12.7. The van der Waals surface area contributed by atoms with E-state index in [1.54, 1.807) is 25.1 Å². The van der Waals surface area contributed by atoms with Gasteiger partial charge in [-0.2, -0.15) is 0 Å². The predicted molar refractivity (Wildman–Crippen MR) is 104 cm³/mol. The van der Waals surface area contributed by atoms with Gasteiger partial charge in [0.1, 0.15) is 0 Å². The topological polar surface area (TPSA) is 88.4 Å². The van der Waals surface area contributed by atoms with Gasteiger partial charge in [-0.3, -0.25) is 20.2 Å². The Labute approximate surface area is 154 Å². The summed E-state index contributed by atoms with van der Waals surface area (Å²) < 4.78 is 0.992. The molecule has 0 spiro atoms. The number of nitrogens with one attached hydrogen (secondary N) is 1. The number of amides is 1. The summed E-state index contributed by atoms with van der Waals surface area (Å²) >= 11 is 1.38. The highest BCUT2D eigenvalue weighted by atomic mass is 32.1. The van der Waals surface area contributed by atoms with E-state index in [0.29, 0.717) is 10.8 Å². The Morgan fingerprint density at radius 2 is 2.04 bits per heavy atom. The SMILES string of the molecule is CCc1ccc2nc(NC(=O)c3cc([N+](=O)[O-])ccc3N(C)C)sc2c1. The van der Waals surface area contributed by atoms with Crippen LogP contribution in [0.4, 0.5) is 16.5 Å². The average molecular weight is 370 g/mol. The highest BCUT2D eigenvalue weighted by Crippen LogP contribution is 2.29. The molecule has 0 aliphatic heterocycles. The lowest BCUT2D eigenvalue weighted by Crippen LogP contribution is -2.18. The maximum atomic E-state index is 12.7. The second kappa shape index (κ2) is 7.09. The number of anilines is 2. The minimum absolute atomic E-state index is 0.127. The molecular formula is C18H18N4O3S. The average Bonchev–Trinajstić information content (AvgIpc) is 3.01. The predicted octanol–water partition coefficient (Wildman–Crippen LogP) is 4.09. The van der Waals surface area contributed by atoms with Gasteiger partial charge < -0.3 is 4.90 Å². The number of aryl methyl sites for hydroxylation is 1. The molecule has 0 fully saturated rings. The molecule has 3 rings (SSSR count). The zero-order valence-corrected chi connectivity index (χ0v) is 15.5. The number of nitrogens with zero attached hydrogens (tertiary/aromatic N) is 3. The largest absolute Gasteiger partial charge is 0.377 e. The van der Waals surface area contributed by atoms with Crippen molar-refractivity contribution in [3.05, 3.63) is 57.6 Å². The van der Waals surface area contributed by atoms with Crippen molar-refractivity contribution in [3.8, 4) is 0 Å². The summed E-state index contributed by atoms with van der Waals surface area (Å²) in [4.78, 5) is 29.4. The molecule has 0 unspecified atom stereocenters. The summed E-state index contributed by atoms with van der Waals surface area (Å²) in [6.45, 7) is 2.08. The molecule has 1 N–H and O–H groups in total. The van der Waals surface area contributed by atoms with Crippen molar-refractivity contribution >= 4 is 44.0 Å². The first kappa shape index (κ1) is 17.8. The van der Waals surface area contributed by atoms with Crippen molar-refractivity contribution in [1.82, 2.24) is 4.98 Å². The third kappa shape index (κ3) is 3.50. The van der Waals surface area contributed by atoms with E-state index < -0.39 is 10.8 Å². The lowest BCUT2D eigenvalue weighted by molar-refractivity contribution is -0.384. The van der Waals surface area contributed by atoms with Gasteiger partial charge in [-0.15, -0.1) is 0 Å². The smallest absolute Gasteiger partial charge is 0.270 e. The van der Waals surface area contributed by atoms with Crippen LogP contribution in [0.25, 0.3) is 10.2 Å². The van der Waals surface area contributed by atoms with Gasteiger partial charge in [0.25, 0.3) is 11.6 Å². The van der Waals surface area contributed by atoms with Gasteiger partial charge in [-0.1, -0.05) is 24.3 Å². The van der Waals surface area contributed by atoms with E-state index in [9.17, 15) is 14.9 Å². The number of nitro groups is 1. The minimum Gasteiger partial charge on any atom is -0.377 e. The Bertz CT molecular complexity index is 997. The van der Waals surface area contributed by atoms with E-state index in [4.69, 9.17) is 0 Å². The first-order chi connectivity index (χ1) is 12.4. The van der Waals surface area contributed by atoms with Crippen LogP contribution in [0, 0.1) is 10.1 Å². The zero-order valence-electron chi connectivity index (χ0n) is 14.6. The summed E-state index contributed by atoms with van der Waals surface area (Å²) in [7, 11) is 3.56. The van der Waals surface area contributed by atoms with E-state index in [0.717, 1.165) is 16.6 Å². The summed E-state index contributed by atoms with van der Waals surface area (Å²) in [5, 5.41) is 14.3. The molecule has 3 aromatic rings. The summed E-state index contributed by atoms with van der Waals surface area (Å²) in [5.74, 6) is -0.424. The van der Waals surface area contributed by atoms with E-state index in [1.807, 2.05) is 12.1 Å². The maximum Gasteiger partial charge on any atom is 0.270 e. The zero-order chi connectivity index (χ0) is 18.8. The number of benzene rings is 2. The highest BCUT2D eigenvalue weighted by molar-refractivity contribution is 7.22. The number of rotatable bonds is 5. The molecule has 1 heterocycles. The second-order valence-electron chi connectivity index (χ2n) is 5.98. The van der Waals surface area contributed by atoms with Gasteiger partial charge in [-0.25, -0.2) is 4.98 Å². The van der Waals surface area contributed by atoms with Crippen LogP contribution in [-0.4, -0.2) is 29.9 Å². The molecule has 7 nitrogen and oxygen atoms in total. The van der Waals surface area contributed by atoms with Crippen LogP contribution in [0.1, 0.15) is 22.8 Å². The van der Waals surface area contributed by atoms with Gasteiger partial charge >= 0.3 is 0 Å². The number of non-ortho nitro benzene ring substituents is 1. The summed E-state index contributed by atoms with van der Waals surface area (Å²) in [6, 6.07) is 10.2. The van der Waals surface area contributed by atoms with Crippen molar-refractivity contribution in [2.24, 2.45) is 0 Å². The minimum atomic E-state index is -0.514. The van der Waals surface area contributed by atoms with Crippen LogP contribution in [0.3, 0.4) is 0 Å². The molecule has 2 aromatic carbocycles. The van der Waals surface area contributed by atoms with Crippen LogP contribution >= 0.6 is 11.3 Å². The second-order valence-corrected chi connectivity index (χ2v) is 7.01. The summed E-state index contributed by atoms with van der Waals surface area (Å²) in [6.07, 6.45) is 0.926. The van der Waals surface area contributed by atoms with E-state index in [-0.39, 0.29) is 11.3 Å². The van der Waals surface area contributed by atoms with Crippen LogP contribution < -0.4 is 10.2 Å². The van der Waals surface area contributed by atoms with Crippen LogP contribution in [-0.2, 0) is 6.42 Å². The van der Waals surface area contributed by atoms with Crippen LogP contribution in [0.2, 0.25) is 0 Å². The first-order valence-electron chi connectivity index (χ1n) is 8.05. The lowest BCUT2D eigenvalue weighted by atomic mass is 10.1. The molecule has 1 amide bonds. The van der Waals surface area contributed by atoms with Crippen molar-refractivity contribution < 1.29 is 9.72 Å². The molecule has 0 aliphatic carbocycles. The Kier molecular flexibility index (Phi) is 4.85.